The molecule has 0 aliphatic rings. The van der Waals surface area contributed by atoms with Crippen LogP contribution in [0.2, 0.25) is 0 Å². The molecule has 0 spiro atoms. The molecule has 0 heterocycles. The number of hydrogen-bond acceptors (Lipinski definition) is 8. The lowest BCUT2D eigenvalue weighted by atomic mass is 10.0. The fourth-order valence-corrected chi connectivity index (χ4v) is 9.46. The number of rotatable bonds is 59. The Morgan fingerprint density at radius 1 is 0.380 bits per heavy atom. The lowest BCUT2D eigenvalue weighted by Gasteiger charge is -2.19. The van der Waals surface area contributed by atoms with Crippen LogP contribution in [0.3, 0.4) is 0 Å². The quantitative estimate of drug-likeness (QED) is 0.0264. The standard InChI is InChI=1S/C69H118NO8P/c1-3-5-7-9-11-13-15-17-19-21-23-25-27-29-30-31-32-33-34-35-36-38-40-42-44-46-48-50-52-54-56-58-60-62-69(72)78-67(66-77-79(73,74)76-64-63-70)65-75-68(71)61-59-57-55-53-51-49-47-45-43-41-39-37-28-26-24-22-20-18-16-14-12-10-8-6-4-2/h5-8,11-14,17-20,23-26,29-30,32-33,67H,3-4,9-10,15-16,21-22,27-28,31,34-66,70H2,1-2H3,(H,73,74)/b7-5-,8-6-,13-11-,14-12-,19-17-,20-18-,25-23-,26-24-,30-29-,33-32-. The molecule has 0 saturated heterocycles. The second-order valence-electron chi connectivity index (χ2n) is 20.9. The van der Waals surface area contributed by atoms with Gasteiger partial charge in [0.25, 0.3) is 0 Å². The number of phosphoric acid groups is 1. The first-order valence-electron chi connectivity index (χ1n) is 32.0. The fourth-order valence-electron chi connectivity index (χ4n) is 8.69. The Bertz CT molecular complexity index is 1710. The number of allylic oxidation sites excluding steroid dienone is 20. The zero-order valence-corrected chi connectivity index (χ0v) is 51.5. The van der Waals surface area contributed by atoms with Crippen LogP contribution in [0, 0.1) is 0 Å². The van der Waals surface area contributed by atoms with E-state index in [1.165, 1.54) is 135 Å². The minimum atomic E-state index is -4.40. The predicted octanol–water partition coefficient (Wildman–Crippen LogP) is 20.7. The lowest BCUT2D eigenvalue weighted by molar-refractivity contribution is -0.161. The van der Waals surface area contributed by atoms with Gasteiger partial charge < -0.3 is 20.1 Å². The summed E-state index contributed by atoms with van der Waals surface area (Å²) in [5.74, 6) is -0.830. The van der Waals surface area contributed by atoms with E-state index >= 15 is 0 Å². The van der Waals surface area contributed by atoms with Gasteiger partial charge >= 0.3 is 19.8 Å². The third kappa shape index (κ3) is 63.5. The monoisotopic (exact) mass is 1120 g/mol. The second kappa shape index (κ2) is 63.6. The van der Waals surface area contributed by atoms with E-state index < -0.39 is 26.5 Å². The Labute approximate surface area is 485 Å². The van der Waals surface area contributed by atoms with Gasteiger partial charge in [-0.1, -0.05) is 277 Å². The number of esters is 2. The Kier molecular flexibility index (Phi) is 60.7. The number of carbonyl (C=O) groups is 2. The molecule has 0 saturated carbocycles. The molecule has 10 heteroatoms. The maximum Gasteiger partial charge on any atom is 0.472 e. The van der Waals surface area contributed by atoms with Crippen LogP contribution in [0.5, 0.6) is 0 Å². The Hall–Kier alpha value is -3.59. The van der Waals surface area contributed by atoms with Gasteiger partial charge in [-0.05, 0) is 103 Å². The lowest BCUT2D eigenvalue weighted by Crippen LogP contribution is -2.29. The van der Waals surface area contributed by atoms with Gasteiger partial charge in [0.1, 0.15) is 6.61 Å². The molecule has 0 aromatic carbocycles. The second-order valence-corrected chi connectivity index (χ2v) is 22.3. The summed E-state index contributed by atoms with van der Waals surface area (Å²) in [6.07, 6.45) is 88.4. The van der Waals surface area contributed by atoms with Gasteiger partial charge in [-0.2, -0.15) is 0 Å². The van der Waals surface area contributed by atoms with Crippen LogP contribution < -0.4 is 5.73 Å². The maximum absolute atomic E-state index is 12.7. The van der Waals surface area contributed by atoms with Crippen LogP contribution >= 0.6 is 7.82 Å². The van der Waals surface area contributed by atoms with E-state index in [1.807, 2.05) is 0 Å². The van der Waals surface area contributed by atoms with E-state index in [2.05, 4.69) is 135 Å². The van der Waals surface area contributed by atoms with Crippen molar-refractivity contribution in [2.24, 2.45) is 5.73 Å². The minimum Gasteiger partial charge on any atom is -0.462 e. The van der Waals surface area contributed by atoms with E-state index in [4.69, 9.17) is 24.3 Å². The molecule has 0 radical (unpaired) electrons. The molecule has 9 nitrogen and oxygen atoms in total. The number of hydrogen-bond donors (Lipinski definition) is 2. The summed E-state index contributed by atoms with van der Waals surface area (Å²) in [4.78, 5) is 35.3. The van der Waals surface area contributed by atoms with Crippen molar-refractivity contribution in [2.75, 3.05) is 26.4 Å². The molecular formula is C69H118NO8P. The average molecular weight is 1120 g/mol. The largest absolute Gasteiger partial charge is 0.472 e. The maximum atomic E-state index is 12.7. The van der Waals surface area contributed by atoms with Crippen LogP contribution in [0.4, 0.5) is 0 Å². The summed E-state index contributed by atoms with van der Waals surface area (Å²) < 4.78 is 33.1. The SMILES string of the molecule is CC/C=C\C/C=C\C/C=C\C/C=C\C/C=C\C/C=C\CCCCCCCCCCCCCCCCC(=O)OC(COC(=O)CCCCCCCCCCCCCC/C=C\C/C=C\C/C=C\C/C=C\CC)COP(=O)(O)OCCN. The van der Waals surface area contributed by atoms with Crippen molar-refractivity contribution >= 4 is 19.8 Å². The topological polar surface area (TPSA) is 134 Å². The zero-order chi connectivity index (χ0) is 57.3. The molecule has 2 atom stereocenters. The fraction of sp³-hybridized carbons (Fsp3) is 0.681. The van der Waals surface area contributed by atoms with Crippen molar-refractivity contribution in [3.05, 3.63) is 122 Å². The highest BCUT2D eigenvalue weighted by Crippen LogP contribution is 2.43. The van der Waals surface area contributed by atoms with Crippen LogP contribution in [0.25, 0.3) is 0 Å². The summed E-state index contributed by atoms with van der Waals surface area (Å²) in [6.45, 7) is 3.53. The highest BCUT2D eigenvalue weighted by atomic mass is 31.2. The summed E-state index contributed by atoms with van der Waals surface area (Å²) in [6, 6.07) is 0. The van der Waals surface area contributed by atoms with Crippen molar-refractivity contribution in [1.82, 2.24) is 0 Å². The number of phosphoric ester groups is 1. The van der Waals surface area contributed by atoms with E-state index in [-0.39, 0.29) is 38.6 Å². The minimum absolute atomic E-state index is 0.0486. The molecule has 0 rings (SSSR count). The van der Waals surface area contributed by atoms with Crippen LogP contribution in [0.1, 0.15) is 271 Å². The molecule has 79 heavy (non-hydrogen) atoms. The number of unbranched alkanes of at least 4 members (excludes halogenated alkanes) is 26. The molecule has 0 aliphatic heterocycles. The van der Waals surface area contributed by atoms with Crippen molar-refractivity contribution in [3.63, 3.8) is 0 Å². The van der Waals surface area contributed by atoms with Gasteiger partial charge in [-0.3, -0.25) is 18.6 Å². The molecule has 0 aromatic rings. The van der Waals surface area contributed by atoms with Gasteiger partial charge in [-0.15, -0.1) is 0 Å². The van der Waals surface area contributed by atoms with Gasteiger partial charge in [0.15, 0.2) is 6.10 Å². The van der Waals surface area contributed by atoms with Crippen LogP contribution in [-0.4, -0.2) is 49.3 Å². The third-order valence-corrected chi connectivity index (χ3v) is 14.3. The van der Waals surface area contributed by atoms with Crippen molar-refractivity contribution in [2.45, 2.75) is 277 Å². The normalized spacial score (nSPS) is 13.8. The van der Waals surface area contributed by atoms with Gasteiger partial charge in [0.05, 0.1) is 13.2 Å². The molecule has 2 unspecified atom stereocenters. The van der Waals surface area contributed by atoms with Gasteiger partial charge in [0.2, 0.25) is 0 Å². The van der Waals surface area contributed by atoms with E-state index in [0.29, 0.717) is 6.42 Å². The molecule has 3 N–H and O–H groups in total. The Morgan fingerprint density at radius 2 is 0.658 bits per heavy atom. The van der Waals surface area contributed by atoms with Crippen molar-refractivity contribution < 1.29 is 37.6 Å². The Balaban J connectivity index is 3.94. The zero-order valence-electron chi connectivity index (χ0n) is 50.6. The molecule has 0 aromatic heterocycles. The first-order chi connectivity index (χ1) is 38.8. The summed E-state index contributed by atoms with van der Waals surface area (Å²) in [5.41, 5.74) is 5.39. The van der Waals surface area contributed by atoms with Gasteiger partial charge in [-0.25, -0.2) is 4.57 Å². The Morgan fingerprint density at radius 3 is 0.975 bits per heavy atom. The molecule has 0 fully saturated rings. The van der Waals surface area contributed by atoms with E-state index in [1.54, 1.807) is 0 Å². The predicted molar refractivity (Wildman–Crippen MR) is 339 cm³/mol. The van der Waals surface area contributed by atoms with Crippen LogP contribution in [-0.2, 0) is 32.7 Å². The molecule has 452 valence electrons. The number of ether oxygens (including phenoxy) is 2. The molecular weight excluding hydrogens is 1000 g/mol. The van der Waals surface area contributed by atoms with Crippen molar-refractivity contribution in [3.8, 4) is 0 Å². The molecule has 0 amide bonds. The highest BCUT2D eigenvalue weighted by molar-refractivity contribution is 7.47. The number of nitrogens with two attached hydrogens (primary N) is 1. The third-order valence-electron chi connectivity index (χ3n) is 13.3. The molecule has 0 bridgehead atoms. The van der Waals surface area contributed by atoms with E-state index in [9.17, 15) is 19.0 Å². The summed E-state index contributed by atoms with van der Waals surface area (Å²) >= 11 is 0. The van der Waals surface area contributed by atoms with Crippen LogP contribution in [0.15, 0.2) is 122 Å². The van der Waals surface area contributed by atoms with Crippen molar-refractivity contribution in [1.29, 1.82) is 0 Å². The summed E-state index contributed by atoms with van der Waals surface area (Å²) in [7, 11) is -4.40. The van der Waals surface area contributed by atoms with E-state index in [0.717, 1.165) is 103 Å². The average Bonchev–Trinajstić information content (AvgIpc) is 3.44. The first kappa shape index (κ1) is 75.4. The first-order valence-corrected chi connectivity index (χ1v) is 33.5. The highest BCUT2D eigenvalue weighted by Gasteiger charge is 2.26. The number of carbonyl (C=O) groups excluding carboxylic acids is 2. The van der Waals surface area contributed by atoms with Gasteiger partial charge in [0, 0.05) is 19.4 Å². The molecule has 0 aliphatic carbocycles. The summed E-state index contributed by atoms with van der Waals surface area (Å²) in [5, 5.41) is 0. The smallest absolute Gasteiger partial charge is 0.462 e.